The van der Waals surface area contributed by atoms with E-state index in [-0.39, 0.29) is 5.92 Å². The van der Waals surface area contributed by atoms with Crippen molar-refractivity contribution in [3.63, 3.8) is 0 Å². The first kappa shape index (κ1) is 17.8. The third kappa shape index (κ3) is 3.75. The van der Waals surface area contributed by atoms with Crippen molar-refractivity contribution in [1.29, 1.82) is 0 Å². The average Bonchev–Trinajstić information content (AvgIpc) is 3.45. The molecule has 0 aromatic heterocycles. The summed E-state index contributed by atoms with van der Waals surface area (Å²) in [5.41, 5.74) is 3.39. The number of hydrogen-bond donors (Lipinski definition) is 2. The molecule has 0 saturated heterocycles. The highest BCUT2D eigenvalue weighted by Gasteiger charge is 2.44. The second-order valence-corrected chi connectivity index (χ2v) is 7.24. The van der Waals surface area contributed by atoms with Crippen molar-refractivity contribution < 1.29 is 10.0 Å². The molecule has 1 fully saturated rings. The van der Waals surface area contributed by atoms with Gasteiger partial charge in [-0.2, -0.15) is 5.10 Å². The predicted molar refractivity (Wildman–Crippen MR) is 103 cm³/mol. The number of nitrogens with zero attached hydrogens (tertiary/aromatic N) is 3. The van der Waals surface area contributed by atoms with Crippen LogP contribution in [0.25, 0.3) is 0 Å². The molecule has 4 rings (SSSR count). The molecule has 1 amide bonds. The van der Waals surface area contributed by atoms with E-state index in [0.29, 0.717) is 23.2 Å². The second kappa shape index (κ2) is 7.55. The summed E-state index contributed by atoms with van der Waals surface area (Å²) in [6.07, 6.45) is 6.18. The van der Waals surface area contributed by atoms with E-state index in [1.165, 1.54) is 0 Å². The Bertz CT molecular complexity index is 880. The summed E-state index contributed by atoms with van der Waals surface area (Å²) in [7, 11) is 0. The van der Waals surface area contributed by atoms with Crippen molar-refractivity contribution in [2.45, 2.75) is 31.3 Å². The van der Waals surface area contributed by atoms with Crippen LogP contribution in [-0.2, 0) is 11.2 Å². The molecule has 1 aromatic rings. The van der Waals surface area contributed by atoms with Gasteiger partial charge in [0, 0.05) is 18.5 Å². The van der Waals surface area contributed by atoms with Crippen molar-refractivity contribution in [1.82, 2.24) is 10.5 Å². The molecule has 0 spiro atoms. The van der Waals surface area contributed by atoms with Crippen LogP contribution < -0.4 is 5.48 Å². The van der Waals surface area contributed by atoms with Gasteiger partial charge in [-0.3, -0.25) is 15.0 Å². The van der Waals surface area contributed by atoms with E-state index in [0.717, 1.165) is 18.4 Å². The lowest BCUT2D eigenvalue weighted by molar-refractivity contribution is -0.135. The summed E-state index contributed by atoms with van der Waals surface area (Å²) in [6, 6.07) is 8.45. The monoisotopic (exact) mass is 382 g/mol. The highest BCUT2D eigenvalue weighted by atomic mass is 35.5. The first-order chi connectivity index (χ1) is 13.2. The molecule has 138 valence electrons. The topological polar surface area (TPSA) is 77.3 Å². The Hall–Kier alpha value is -2.62. The average molecular weight is 383 g/mol. The molecule has 7 heteroatoms. The van der Waals surface area contributed by atoms with Gasteiger partial charge in [-0.25, -0.2) is 10.5 Å². The number of carbonyl (C=O) groups is 1. The molecule has 2 heterocycles. The highest BCUT2D eigenvalue weighted by molar-refractivity contribution is 6.67. The zero-order chi connectivity index (χ0) is 18.8. The molecule has 0 bridgehead atoms. The fourth-order valence-electron chi connectivity index (χ4n) is 3.30. The molecule has 6 nitrogen and oxygen atoms in total. The number of nitrogens with one attached hydrogen (secondary N) is 1. The van der Waals surface area contributed by atoms with Crippen LogP contribution in [0.15, 0.2) is 52.7 Å². The van der Waals surface area contributed by atoms with Gasteiger partial charge < -0.3 is 0 Å². The lowest BCUT2D eigenvalue weighted by Crippen LogP contribution is -2.51. The Balaban J connectivity index is 1.68. The minimum Gasteiger partial charge on any atom is -0.289 e. The van der Waals surface area contributed by atoms with Crippen LogP contribution in [0.2, 0.25) is 0 Å². The number of rotatable bonds is 4. The molecule has 1 aromatic carbocycles. The fraction of sp³-hybridized carbons (Fsp3) is 0.350. The van der Waals surface area contributed by atoms with Gasteiger partial charge in [0.1, 0.15) is 23.0 Å². The van der Waals surface area contributed by atoms with Gasteiger partial charge in [-0.1, -0.05) is 53.9 Å². The van der Waals surface area contributed by atoms with E-state index in [1.807, 2.05) is 36.4 Å². The third-order valence-corrected chi connectivity index (χ3v) is 5.21. The smallest absolute Gasteiger partial charge is 0.268 e. The fourth-order valence-corrected chi connectivity index (χ4v) is 3.59. The number of hydroxylamine groups is 1. The summed E-state index contributed by atoms with van der Waals surface area (Å²) in [5, 5.41) is 15.9. The van der Waals surface area contributed by atoms with Crippen LogP contribution in [0, 0.1) is 23.7 Å². The van der Waals surface area contributed by atoms with Gasteiger partial charge in [-0.05, 0) is 24.3 Å². The molecule has 1 saturated carbocycles. The summed E-state index contributed by atoms with van der Waals surface area (Å²) >= 11 is 6.39. The van der Waals surface area contributed by atoms with Crippen molar-refractivity contribution in [2.75, 3.05) is 0 Å². The molecule has 2 aliphatic heterocycles. The van der Waals surface area contributed by atoms with Crippen LogP contribution in [0.1, 0.15) is 18.4 Å². The Morgan fingerprint density at radius 3 is 2.85 bits per heavy atom. The number of aliphatic imine (C=N–C) groups is 1. The maximum Gasteiger partial charge on any atom is 0.268 e. The van der Waals surface area contributed by atoms with Crippen molar-refractivity contribution >= 4 is 28.4 Å². The Morgan fingerprint density at radius 2 is 2.15 bits per heavy atom. The molecular formula is C20H19ClN4O2. The number of hydrogen-bond acceptors (Lipinski definition) is 5. The molecule has 27 heavy (non-hydrogen) atoms. The van der Waals surface area contributed by atoms with Gasteiger partial charge in [0.05, 0.1) is 5.92 Å². The minimum atomic E-state index is -0.736. The Labute approximate surface area is 162 Å². The quantitative estimate of drug-likeness (QED) is 0.476. The maximum absolute atomic E-state index is 12.5. The molecule has 3 aliphatic rings. The molecule has 3 unspecified atom stereocenters. The molecular weight excluding hydrogens is 364 g/mol. The van der Waals surface area contributed by atoms with Crippen molar-refractivity contribution in [3.05, 3.63) is 48.2 Å². The highest BCUT2D eigenvalue weighted by Crippen LogP contribution is 2.32. The van der Waals surface area contributed by atoms with Gasteiger partial charge in [-0.15, -0.1) is 0 Å². The van der Waals surface area contributed by atoms with Gasteiger partial charge in [0.15, 0.2) is 0 Å². The number of fused-ring (bicyclic) bond motifs is 1. The van der Waals surface area contributed by atoms with Crippen LogP contribution in [-0.4, -0.2) is 39.1 Å². The van der Waals surface area contributed by atoms with E-state index < -0.39 is 18.0 Å². The summed E-state index contributed by atoms with van der Waals surface area (Å²) in [4.78, 5) is 16.6. The van der Waals surface area contributed by atoms with E-state index in [1.54, 1.807) is 16.7 Å². The molecule has 0 radical (unpaired) electrons. The SMILES string of the molecule is O=C(NO)C(Cc1ccccc1)N1N=C(C#CC2CC2)C2C=CN=C(Cl)C21. The zero-order valence-electron chi connectivity index (χ0n) is 14.5. The van der Waals surface area contributed by atoms with Crippen molar-refractivity contribution in [2.24, 2.45) is 21.9 Å². The predicted octanol–water partition coefficient (Wildman–Crippen LogP) is 2.34. The maximum atomic E-state index is 12.5. The van der Waals surface area contributed by atoms with Gasteiger partial charge >= 0.3 is 0 Å². The number of carbonyl (C=O) groups excluding carboxylic acids is 1. The van der Waals surface area contributed by atoms with Crippen LogP contribution >= 0.6 is 11.6 Å². The number of amides is 1. The molecule has 2 N–H and O–H groups in total. The second-order valence-electron chi connectivity index (χ2n) is 6.85. The summed E-state index contributed by atoms with van der Waals surface area (Å²) in [6.45, 7) is 0. The normalized spacial score (nSPS) is 24.3. The van der Waals surface area contributed by atoms with E-state index in [4.69, 9.17) is 11.6 Å². The minimum absolute atomic E-state index is 0.147. The largest absolute Gasteiger partial charge is 0.289 e. The van der Waals surface area contributed by atoms with Gasteiger partial charge in [0.25, 0.3) is 5.91 Å². The van der Waals surface area contributed by atoms with E-state index >= 15 is 0 Å². The zero-order valence-corrected chi connectivity index (χ0v) is 15.3. The number of hydrazone groups is 1. The van der Waals surface area contributed by atoms with E-state index in [9.17, 15) is 10.0 Å². The van der Waals surface area contributed by atoms with E-state index in [2.05, 4.69) is 21.9 Å². The lowest BCUT2D eigenvalue weighted by atomic mass is 9.93. The lowest BCUT2D eigenvalue weighted by Gasteiger charge is -2.32. The van der Waals surface area contributed by atoms with Crippen molar-refractivity contribution in [3.8, 4) is 11.8 Å². The van der Waals surface area contributed by atoms with Gasteiger partial charge in [0.2, 0.25) is 0 Å². The van der Waals surface area contributed by atoms with Crippen LogP contribution in [0.5, 0.6) is 0 Å². The van der Waals surface area contributed by atoms with Crippen LogP contribution in [0.4, 0.5) is 0 Å². The molecule has 1 aliphatic carbocycles. The summed E-state index contributed by atoms with van der Waals surface area (Å²) in [5.74, 6) is 6.14. The standard InChI is InChI=1S/C20H19ClN4O2/c21-19-18-15(10-11-22-19)16(9-8-13-6-7-13)23-25(18)17(20(26)24-27)12-14-4-2-1-3-5-14/h1-5,10-11,13,15,17-18,27H,6-7,12H2,(H,24,26). The number of halogens is 1. The first-order valence-electron chi connectivity index (χ1n) is 8.93. The first-order valence-corrected chi connectivity index (χ1v) is 9.31. The Kier molecular flexibility index (Phi) is 4.97. The van der Waals surface area contributed by atoms with Crippen LogP contribution in [0.3, 0.4) is 0 Å². The Morgan fingerprint density at radius 1 is 1.37 bits per heavy atom. The number of benzene rings is 1. The molecule has 3 atom stereocenters. The summed E-state index contributed by atoms with van der Waals surface area (Å²) < 4.78 is 0. The third-order valence-electron chi connectivity index (χ3n) is 4.89.